The summed E-state index contributed by atoms with van der Waals surface area (Å²) in [7, 11) is 3.08. The Morgan fingerprint density at radius 3 is 2.42 bits per heavy atom. The van der Waals surface area contributed by atoms with E-state index in [1.165, 1.54) is 23.0 Å². The fourth-order valence-corrected chi connectivity index (χ4v) is 5.82. The van der Waals surface area contributed by atoms with Crippen LogP contribution < -0.4 is 29.1 Å². The number of ether oxygens (including phenoxy) is 4. The van der Waals surface area contributed by atoms with Gasteiger partial charge < -0.3 is 18.9 Å². The van der Waals surface area contributed by atoms with Gasteiger partial charge in [0.15, 0.2) is 16.3 Å². The van der Waals surface area contributed by atoms with Gasteiger partial charge in [0.1, 0.15) is 5.75 Å². The number of thiazole rings is 1. The molecule has 2 aromatic carbocycles. The molecule has 0 saturated heterocycles. The Bertz CT molecular complexity index is 1570. The van der Waals surface area contributed by atoms with E-state index in [0.717, 1.165) is 11.3 Å². The number of methoxy groups -OCH3 is 2. The predicted molar refractivity (Wildman–Crippen MR) is 150 cm³/mol. The van der Waals surface area contributed by atoms with Crippen molar-refractivity contribution >= 4 is 39.3 Å². The van der Waals surface area contributed by atoms with Gasteiger partial charge in [-0.15, -0.1) is 0 Å². The van der Waals surface area contributed by atoms with Crippen LogP contribution in [0.5, 0.6) is 17.2 Å². The van der Waals surface area contributed by atoms with Crippen molar-refractivity contribution in [2.75, 3.05) is 20.8 Å². The molecule has 8 nitrogen and oxygen atoms in total. The number of halogens is 1. The van der Waals surface area contributed by atoms with E-state index in [1.807, 2.05) is 44.2 Å². The van der Waals surface area contributed by atoms with Gasteiger partial charge in [-0.05, 0) is 69.2 Å². The zero-order valence-electron chi connectivity index (χ0n) is 22.0. The minimum Gasteiger partial charge on any atom is -0.493 e. The molecule has 1 aromatic heterocycles. The van der Waals surface area contributed by atoms with Crippen LogP contribution in [0.4, 0.5) is 0 Å². The second-order valence-corrected chi connectivity index (χ2v) is 10.6. The Balaban J connectivity index is 1.92. The fourth-order valence-electron chi connectivity index (χ4n) is 4.23. The first-order valence-electron chi connectivity index (χ1n) is 12.1. The number of rotatable bonds is 8. The monoisotopic (exact) mass is 600 g/mol. The highest BCUT2D eigenvalue weighted by Crippen LogP contribution is 2.40. The summed E-state index contributed by atoms with van der Waals surface area (Å²) in [4.78, 5) is 32.1. The molecule has 10 heteroatoms. The Morgan fingerprint density at radius 2 is 1.82 bits per heavy atom. The first-order valence-corrected chi connectivity index (χ1v) is 13.7. The molecule has 0 N–H and O–H groups in total. The highest BCUT2D eigenvalue weighted by molar-refractivity contribution is 9.10. The van der Waals surface area contributed by atoms with E-state index >= 15 is 0 Å². The number of carbonyl (C=O) groups is 1. The van der Waals surface area contributed by atoms with Gasteiger partial charge in [0, 0.05) is 4.47 Å². The number of benzene rings is 2. The summed E-state index contributed by atoms with van der Waals surface area (Å²) in [5.74, 6) is 1.20. The molecule has 0 fully saturated rings. The third-order valence-corrected chi connectivity index (χ3v) is 7.53. The van der Waals surface area contributed by atoms with E-state index in [2.05, 4.69) is 20.9 Å². The topological polar surface area (TPSA) is 88.4 Å². The molecule has 4 rings (SSSR count). The molecule has 0 saturated carbocycles. The zero-order chi connectivity index (χ0) is 27.6. The summed E-state index contributed by atoms with van der Waals surface area (Å²) in [6.45, 7) is 7.61. The Morgan fingerprint density at radius 1 is 1.16 bits per heavy atom. The normalized spacial score (nSPS) is 15.3. The van der Waals surface area contributed by atoms with Crippen LogP contribution >= 0.6 is 27.3 Å². The fraction of sp³-hybridized carbons (Fsp3) is 0.321. The van der Waals surface area contributed by atoms with Crippen molar-refractivity contribution in [1.29, 1.82) is 0 Å². The van der Waals surface area contributed by atoms with Crippen molar-refractivity contribution in [2.24, 2.45) is 4.99 Å². The Kier molecular flexibility index (Phi) is 8.42. The molecule has 0 amide bonds. The predicted octanol–water partition coefficient (Wildman–Crippen LogP) is 4.37. The number of fused-ring (bicyclic) bond motifs is 1. The Hall–Kier alpha value is -3.37. The lowest BCUT2D eigenvalue weighted by molar-refractivity contribution is -0.139. The van der Waals surface area contributed by atoms with Crippen LogP contribution in [0.15, 0.2) is 61.9 Å². The van der Waals surface area contributed by atoms with Crippen molar-refractivity contribution in [3.8, 4) is 17.2 Å². The molecule has 1 aliphatic rings. The van der Waals surface area contributed by atoms with Crippen LogP contribution in [0.2, 0.25) is 0 Å². The van der Waals surface area contributed by atoms with Gasteiger partial charge in [0.05, 0.1) is 48.8 Å². The molecule has 2 heterocycles. The zero-order valence-corrected chi connectivity index (χ0v) is 24.4. The quantitative estimate of drug-likeness (QED) is 0.357. The number of esters is 1. The van der Waals surface area contributed by atoms with E-state index in [0.29, 0.717) is 36.6 Å². The number of hydrogen-bond acceptors (Lipinski definition) is 8. The molecule has 0 unspecified atom stereocenters. The summed E-state index contributed by atoms with van der Waals surface area (Å²) < 4.78 is 24.7. The van der Waals surface area contributed by atoms with Crippen LogP contribution in [0.1, 0.15) is 44.9 Å². The van der Waals surface area contributed by atoms with Crippen molar-refractivity contribution < 1.29 is 23.7 Å². The number of carbonyl (C=O) groups excluding carboxylic acids is 1. The molecule has 1 atom stereocenters. The van der Waals surface area contributed by atoms with E-state index in [1.54, 1.807) is 33.1 Å². The van der Waals surface area contributed by atoms with Crippen LogP contribution in [0, 0.1) is 0 Å². The van der Waals surface area contributed by atoms with Crippen LogP contribution in [0.25, 0.3) is 6.08 Å². The number of aromatic nitrogens is 1. The van der Waals surface area contributed by atoms with Crippen molar-refractivity contribution in [1.82, 2.24) is 4.57 Å². The summed E-state index contributed by atoms with van der Waals surface area (Å²) in [6, 6.07) is 10.3. The van der Waals surface area contributed by atoms with Gasteiger partial charge in [-0.2, -0.15) is 0 Å². The van der Waals surface area contributed by atoms with E-state index < -0.39 is 12.0 Å². The lowest BCUT2D eigenvalue weighted by Gasteiger charge is -2.26. The van der Waals surface area contributed by atoms with Crippen LogP contribution in [0.3, 0.4) is 0 Å². The van der Waals surface area contributed by atoms with Gasteiger partial charge in [0.25, 0.3) is 5.56 Å². The van der Waals surface area contributed by atoms with E-state index in [-0.39, 0.29) is 23.8 Å². The molecule has 0 spiro atoms. The van der Waals surface area contributed by atoms with Crippen molar-refractivity contribution in [2.45, 2.75) is 39.8 Å². The second kappa shape index (κ2) is 11.6. The van der Waals surface area contributed by atoms with Crippen LogP contribution in [-0.4, -0.2) is 37.5 Å². The molecule has 200 valence electrons. The highest BCUT2D eigenvalue weighted by atomic mass is 79.9. The van der Waals surface area contributed by atoms with Gasteiger partial charge in [-0.25, -0.2) is 9.79 Å². The van der Waals surface area contributed by atoms with Crippen molar-refractivity contribution in [3.05, 3.63) is 83.0 Å². The maximum Gasteiger partial charge on any atom is 0.338 e. The molecule has 0 aliphatic carbocycles. The van der Waals surface area contributed by atoms with Gasteiger partial charge in [-0.1, -0.05) is 39.4 Å². The van der Waals surface area contributed by atoms with Gasteiger partial charge >= 0.3 is 5.97 Å². The molecular weight excluding hydrogens is 572 g/mol. The summed E-state index contributed by atoms with van der Waals surface area (Å²) >= 11 is 4.87. The van der Waals surface area contributed by atoms with Gasteiger partial charge in [0.2, 0.25) is 0 Å². The average Bonchev–Trinajstić information content (AvgIpc) is 3.18. The minimum absolute atomic E-state index is 0.0669. The SMILES string of the molecule is CCOC(=O)C1=C(C)N=c2s/c(=C\c3ccc(OC(C)C)cc3)c(=O)n2[C@H]1c1cc(OC)c(OC)cc1Br. The molecule has 3 aromatic rings. The maximum atomic E-state index is 13.8. The smallest absolute Gasteiger partial charge is 0.338 e. The number of hydrogen-bond donors (Lipinski definition) is 0. The lowest BCUT2D eigenvalue weighted by atomic mass is 9.95. The average molecular weight is 602 g/mol. The minimum atomic E-state index is -0.788. The maximum absolute atomic E-state index is 13.8. The van der Waals surface area contributed by atoms with Gasteiger partial charge in [-0.3, -0.25) is 9.36 Å². The van der Waals surface area contributed by atoms with Crippen molar-refractivity contribution in [3.63, 3.8) is 0 Å². The third kappa shape index (κ3) is 5.42. The Labute approximate surface area is 233 Å². The second-order valence-electron chi connectivity index (χ2n) is 8.77. The molecular formula is C28H29BrN2O6S. The molecule has 0 bridgehead atoms. The standard InChI is InChI=1S/C28H29BrN2O6S/c1-7-36-27(33)24-16(4)30-28-31(25(24)19-13-21(34-5)22(35-6)14-20(19)29)26(32)23(38-28)12-17-8-10-18(11-9-17)37-15(2)3/h8-15,25H,7H2,1-6H3/b23-12-/t25-/m0/s1. The molecule has 38 heavy (non-hydrogen) atoms. The number of allylic oxidation sites excluding steroid dienone is 1. The lowest BCUT2D eigenvalue weighted by Crippen LogP contribution is -2.40. The molecule has 0 radical (unpaired) electrons. The third-order valence-electron chi connectivity index (χ3n) is 5.86. The van der Waals surface area contributed by atoms with Crippen LogP contribution in [-0.2, 0) is 9.53 Å². The van der Waals surface area contributed by atoms with E-state index in [9.17, 15) is 9.59 Å². The highest BCUT2D eigenvalue weighted by Gasteiger charge is 2.35. The first-order chi connectivity index (χ1) is 18.2. The number of nitrogens with zero attached hydrogens (tertiary/aromatic N) is 2. The molecule has 1 aliphatic heterocycles. The largest absolute Gasteiger partial charge is 0.493 e. The summed E-state index contributed by atoms with van der Waals surface area (Å²) in [5.41, 5.74) is 1.99. The van der Waals surface area contributed by atoms with E-state index in [4.69, 9.17) is 18.9 Å². The summed E-state index contributed by atoms with van der Waals surface area (Å²) in [6.07, 6.45) is 1.88. The first kappa shape index (κ1) is 27.7. The summed E-state index contributed by atoms with van der Waals surface area (Å²) in [5, 5.41) is 0.